The van der Waals surface area contributed by atoms with Gasteiger partial charge in [-0.15, -0.1) is 0 Å². The number of hydrogen-bond acceptors (Lipinski definition) is 2. The molecule has 0 aliphatic carbocycles. The summed E-state index contributed by atoms with van der Waals surface area (Å²) in [6.07, 6.45) is 0. The molecule has 0 saturated carbocycles. The first-order valence-electron chi connectivity index (χ1n) is 8.19. The molecular weight excluding hydrogens is 317 g/mol. The Morgan fingerprint density at radius 3 is 2.64 bits per heavy atom. The van der Waals surface area contributed by atoms with Crippen molar-refractivity contribution >= 4 is 5.91 Å². The molecule has 0 fully saturated rings. The fourth-order valence-corrected chi connectivity index (χ4v) is 3.36. The number of nitrogens with zero attached hydrogens (tertiary/aromatic N) is 3. The number of rotatable bonds is 3. The smallest absolute Gasteiger partial charge is 0.254 e. The van der Waals surface area contributed by atoms with E-state index >= 15 is 0 Å². The highest BCUT2D eigenvalue weighted by Gasteiger charge is 2.27. The normalized spacial score (nSPS) is 13.4. The van der Waals surface area contributed by atoms with Crippen LogP contribution in [-0.4, -0.2) is 20.6 Å². The minimum atomic E-state index is -0.305. The van der Waals surface area contributed by atoms with Crippen LogP contribution >= 0.6 is 0 Å². The summed E-state index contributed by atoms with van der Waals surface area (Å²) in [4.78, 5) is 14.1. The molecule has 4 nitrogen and oxygen atoms in total. The van der Waals surface area contributed by atoms with E-state index in [0.29, 0.717) is 17.7 Å². The van der Waals surface area contributed by atoms with Crippen molar-refractivity contribution in [2.75, 3.05) is 0 Å². The molecule has 0 spiro atoms. The van der Waals surface area contributed by atoms with E-state index in [9.17, 15) is 9.18 Å². The average molecular weight is 335 g/mol. The largest absolute Gasteiger partial charge is 0.330 e. The molecule has 25 heavy (non-hydrogen) atoms. The van der Waals surface area contributed by atoms with E-state index in [1.165, 1.54) is 6.07 Å². The van der Waals surface area contributed by atoms with Gasteiger partial charge in [-0.1, -0.05) is 30.3 Å². The highest BCUT2D eigenvalue weighted by atomic mass is 19.1. The lowest BCUT2D eigenvalue weighted by atomic mass is 10.1. The predicted molar refractivity (Wildman–Crippen MR) is 93.4 cm³/mol. The van der Waals surface area contributed by atoms with Crippen molar-refractivity contribution in [2.24, 2.45) is 7.05 Å². The SMILES string of the molecule is Cc1cc(-c2ccc(CN3Cc4ccccc4C3=O)c(F)c2)n(C)n1. The van der Waals surface area contributed by atoms with Gasteiger partial charge in [0.15, 0.2) is 0 Å². The molecule has 1 aliphatic heterocycles. The van der Waals surface area contributed by atoms with Crippen molar-refractivity contribution in [1.82, 2.24) is 14.7 Å². The van der Waals surface area contributed by atoms with Gasteiger partial charge in [-0.05, 0) is 30.7 Å². The third-order valence-corrected chi connectivity index (χ3v) is 4.61. The number of fused-ring (bicyclic) bond motifs is 1. The third-order valence-electron chi connectivity index (χ3n) is 4.61. The van der Waals surface area contributed by atoms with Crippen LogP contribution in [0.1, 0.15) is 27.2 Å². The predicted octanol–water partition coefficient (Wildman–Crippen LogP) is 3.69. The molecule has 1 amide bonds. The highest BCUT2D eigenvalue weighted by molar-refractivity contribution is 5.98. The van der Waals surface area contributed by atoms with Crippen molar-refractivity contribution in [2.45, 2.75) is 20.0 Å². The number of benzene rings is 2. The summed E-state index contributed by atoms with van der Waals surface area (Å²) in [6, 6.07) is 14.6. The Kier molecular flexibility index (Phi) is 3.64. The zero-order chi connectivity index (χ0) is 17.6. The summed E-state index contributed by atoms with van der Waals surface area (Å²) in [5.74, 6) is -0.346. The van der Waals surface area contributed by atoms with Gasteiger partial charge >= 0.3 is 0 Å². The fraction of sp³-hybridized carbons (Fsp3) is 0.200. The van der Waals surface area contributed by atoms with Gasteiger partial charge < -0.3 is 4.90 Å². The number of carbonyl (C=O) groups excluding carboxylic acids is 1. The first-order chi connectivity index (χ1) is 12.0. The van der Waals surface area contributed by atoms with Crippen molar-refractivity contribution in [3.63, 3.8) is 0 Å². The van der Waals surface area contributed by atoms with Crippen LogP contribution in [0.3, 0.4) is 0 Å². The van der Waals surface area contributed by atoms with Crippen molar-refractivity contribution in [1.29, 1.82) is 0 Å². The quantitative estimate of drug-likeness (QED) is 0.732. The second-order valence-electron chi connectivity index (χ2n) is 6.42. The Morgan fingerprint density at radius 2 is 1.96 bits per heavy atom. The van der Waals surface area contributed by atoms with E-state index in [1.54, 1.807) is 15.6 Å². The van der Waals surface area contributed by atoms with Crippen LogP contribution in [0.25, 0.3) is 11.3 Å². The number of aryl methyl sites for hydroxylation is 2. The third kappa shape index (κ3) is 2.71. The van der Waals surface area contributed by atoms with E-state index in [-0.39, 0.29) is 18.3 Å². The average Bonchev–Trinajstić information content (AvgIpc) is 3.09. The van der Waals surface area contributed by atoms with Gasteiger partial charge in [-0.25, -0.2) is 4.39 Å². The van der Waals surface area contributed by atoms with E-state index in [4.69, 9.17) is 0 Å². The number of carbonyl (C=O) groups is 1. The molecule has 0 atom stereocenters. The fourth-order valence-electron chi connectivity index (χ4n) is 3.36. The van der Waals surface area contributed by atoms with Crippen LogP contribution in [0.15, 0.2) is 48.5 Å². The summed E-state index contributed by atoms with van der Waals surface area (Å²) in [6.45, 7) is 2.70. The molecule has 4 rings (SSSR count). The van der Waals surface area contributed by atoms with E-state index in [1.807, 2.05) is 50.4 Å². The van der Waals surface area contributed by atoms with Gasteiger partial charge in [0, 0.05) is 36.8 Å². The lowest BCUT2D eigenvalue weighted by Crippen LogP contribution is -2.23. The molecule has 126 valence electrons. The van der Waals surface area contributed by atoms with Crippen LogP contribution in [0, 0.1) is 12.7 Å². The first-order valence-corrected chi connectivity index (χ1v) is 8.19. The zero-order valence-corrected chi connectivity index (χ0v) is 14.2. The monoisotopic (exact) mass is 335 g/mol. The molecule has 2 aromatic carbocycles. The molecule has 0 N–H and O–H groups in total. The molecule has 0 unspecified atom stereocenters. The Balaban J connectivity index is 1.59. The number of aromatic nitrogens is 2. The van der Waals surface area contributed by atoms with Gasteiger partial charge in [-0.2, -0.15) is 5.10 Å². The molecule has 1 aromatic heterocycles. The van der Waals surface area contributed by atoms with Crippen molar-refractivity contribution < 1.29 is 9.18 Å². The lowest BCUT2D eigenvalue weighted by molar-refractivity contribution is 0.0765. The van der Waals surface area contributed by atoms with Gasteiger partial charge in [0.25, 0.3) is 5.91 Å². The number of hydrogen-bond donors (Lipinski definition) is 0. The van der Waals surface area contributed by atoms with E-state index in [2.05, 4.69) is 5.10 Å². The molecule has 0 radical (unpaired) electrons. The van der Waals surface area contributed by atoms with Crippen LogP contribution in [-0.2, 0) is 20.1 Å². The van der Waals surface area contributed by atoms with E-state index in [0.717, 1.165) is 22.5 Å². The second-order valence-corrected chi connectivity index (χ2v) is 6.42. The summed E-state index contributed by atoms with van der Waals surface area (Å²) in [5.41, 5.74) is 4.76. The summed E-state index contributed by atoms with van der Waals surface area (Å²) >= 11 is 0. The van der Waals surface area contributed by atoms with Crippen LogP contribution in [0.4, 0.5) is 4.39 Å². The number of halogens is 1. The maximum absolute atomic E-state index is 14.6. The minimum Gasteiger partial charge on any atom is -0.330 e. The Morgan fingerprint density at radius 1 is 1.16 bits per heavy atom. The minimum absolute atomic E-state index is 0.0404. The molecular formula is C20H18FN3O. The Labute approximate surface area is 145 Å². The van der Waals surface area contributed by atoms with E-state index < -0.39 is 0 Å². The van der Waals surface area contributed by atoms with Crippen molar-refractivity contribution in [3.8, 4) is 11.3 Å². The summed E-state index contributed by atoms with van der Waals surface area (Å²) in [7, 11) is 1.84. The second kappa shape index (κ2) is 5.84. The molecule has 2 heterocycles. The Bertz CT molecular complexity index is 977. The standard InChI is InChI=1S/C20H18FN3O/c1-13-9-19(23(2)22-13)14-7-8-16(18(21)10-14)12-24-11-15-5-3-4-6-17(15)20(24)25/h3-10H,11-12H2,1-2H3. The molecule has 0 saturated heterocycles. The van der Waals surface area contributed by atoms with Crippen LogP contribution < -0.4 is 0 Å². The maximum Gasteiger partial charge on any atom is 0.254 e. The molecule has 0 bridgehead atoms. The molecule has 1 aliphatic rings. The van der Waals surface area contributed by atoms with Gasteiger partial charge in [0.2, 0.25) is 0 Å². The van der Waals surface area contributed by atoms with Gasteiger partial charge in [0.1, 0.15) is 5.82 Å². The molecule has 3 aromatic rings. The van der Waals surface area contributed by atoms with Crippen LogP contribution in [0.5, 0.6) is 0 Å². The van der Waals surface area contributed by atoms with Crippen LogP contribution in [0.2, 0.25) is 0 Å². The summed E-state index contributed by atoms with van der Waals surface area (Å²) < 4.78 is 16.4. The first kappa shape index (κ1) is 15.6. The summed E-state index contributed by atoms with van der Waals surface area (Å²) in [5, 5.41) is 4.30. The maximum atomic E-state index is 14.6. The number of amides is 1. The zero-order valence-electron chi connectivity index (χ0n) is 14.2. The van der Waals surface area contributed by atoms with Gasteiger partial charge in [0.05, 0.1) is 11.4 Å². The van der Waals surface area contributed by atoms with Crippen molar-refractivity contribution in [3.05, 3.63) is 76.7 Å². The topological polar surface area (TPSA) is 38.1 Å². The highest BCUT2D eigenvalue weighted by Crippen LogP contribution is 2.27. The lowest BCUT2D eigenvalue weighted by Gasteiger charge is -2.16. The Hall–Kier alpha value is -2.95. The molecule has 5 heteroatoms. The van der Waals surface area contributed by atoms with Gasteiger partial charge in [-0.3, -0.25) is 9.48 Å².